The van der Waals surface area contributed by atoms with Gasteiger partial charge in [-0.15, -0.1) is 5.10 Å². The first-order valence-electron chi connectivity index (χ1n) is 2.37. The molecule has 0 fully saturated rings. The van der Waals surface area contributed by atoms with Gasteiger partial charge in [0.2, 0.25) is 0 Å². The Morgan fingerprint density at radius 3 is 2.75 bits per heavy atom. The van der Waals surface area contributed by atoms with E-state index >= 15 is 0 Å². The Morgan fingerprint density at radius 2 is 2.50 bits per heavy atom. The fourth-order valence-corrected chi connectivity index (χ4v) is 0.375. The van der Waals surface area contributed by atoms with Gasteiger partial charge < -0.3 is 0 Å². The number of hydrogen-bond acceptors (Lipinski definition) is 3. The van der Waals surface area contributed by atoms with Crippen molar-refractivity contribution >= 4 is 0 Å². The quantitative estimate of drug-likeness (QED) is 0.560. The number of aromatic nitrogens is 4. The van der Waals surface area contributed by atoms with E-state index in [1.165, 1.54) is 0 Å². The molecule has 43 valence electrons. The number of tetrazole rings is 1. The molecule has 1 rings (SSSR count). The van der Waals surface area contributed by atoms with Crippen LogP contribution in [0.1, 0.15) is 18.7 Å². The molecular weight excluding hydrogens is 104 g/mol. The van der Waals surface area contributed by atoms with Crippen LogP contribution in [0.25, 0.3) is 0 Å². The van der Waals surface area contributed by atoms with E-state index in [1.54, 1.807) is 0 Å². The van der Waals surface area contributed by atoms with E-state index < -0.39 is 0 Å². The Balaban J connectivity index is 2.77. The number of hydrogen-bond donors (Lipinski definition) is 1. The molecule has 0 spiro atoms. The molecule has 0 saturated heterocycles. The number of nitrogens with one attached hydrogen (secondary N) is 1. The van der Waals surface area contributed by atoms with Crippen LogP contribution in [0.2, 0.25) is 0 Å². The van der Waals surface area contributed by atoms with Crippen molar-refractivity contribution < 1.29 is 0 Å². The second-order valence-electron chi connectivity index (χ2n) is 1.69. The lowest BCUT2D eigenvalue weighted by Crippen LogP contribution is -1.89. The first-order chi connectivity index (χ1) is 3.80. The van der Waals surface area contributed by atoms with Gasteiger partial charge in [0.05, 0.1) is 0 Å². The van der Waals surface area contributed by atoms with E-state index in [4.69, 9.17) is 0 Å². The van der Waals surface area contributed by atoms with E-state index in [1.807, 2.05) is 6.92 Å². The maximum absolute atomic E-state index is 3.71. The Kier molecular flexibility index (Phi) is 1.24. The lowest BCUT2D eigenvalue weighted by atomic mass is 10.2. The van der Waals surface area contributed by atoms with Crippen molar-refractivity contribution in [3.8, 4) is 0 Å². The van der Waals surface area contributed by atoms with Crippen LogP contribution >= 0.6 is 0 Å². The fourth-order valence-electron chi connectivity index (χ4n) is 0.375. The molecule has 0 aliphatic heterocycles. The van der Waals surface area contributed by atoms with Crippen molar-refractivity contribution in [3.63, 3.8) is 0 Å². The van der Waals surface area contributed by atoms with Crippen LogP contribution in [-0.2, 0) is 0 Å². The molecule has 0 aromatic carbocycles. The van der Waals surface area contributed by atoms with Crippen LogP contribution in [0.5, 0.6) is 0 Å². The molecule has 0 bridgehead atoms. The van der Waals surface area contributed by atoms with Crippen LogP contribution in [0.4, 0.5) is 0 Å². The molecule has 1 unspecified atom stereocenters. The smallest absolute Gasteiger partial charge is 0.151 e. The summed E-state index contributed by atoms with van der Waals surface area (Å²) >= 11 is 0. The van der Waals surface area contributed by atoms with E-state index in [0.29, 0.717) is 0 Å². The Morgan fingerprint density at radius 1 is 1.75 bits per heavy atom. The van der Waals surface area contributed by atoms with Gasteiger partial charge in [-0.25, -0.2) is 5.10 Å². The molecule has 4 nitrogen and oxygen atoms in total. The van der Waals surface area contributed by atoms with Crippen LogP contribution in [0.15, 0.2) is 0 Å². The molecule has 8 heavy (non-hydrogen) atoms. The van der Waals surface area contributed by atoms with Crippen molar-refractivity contribution in [2.24, 2.45) is 0 Å². The molecular formula is C4H7N4. The number of aromatic amines is 1. The van der Waals surface area contributed by atoms with Gasteiger partial charge in [-0.2, -0.15) is 0 Å². The molecule has 0 saturated carbocycles. The zero-order valence-corrected chi connectivity index (χ0v) is 4.63. The zero-order chi connectivity index (χ0) is 5.98. The largest absolute Gasteiger partial charge is 0.243 e. The summed E-state index contributed by atoms with van der Waals surface area (Å²) in [5, 5.41) is 13.0. The Bertz CT molecular complexity index is 143. The predicted octanol–water partition coefficient (Wildman–Crippen LogP) is 0.137. The summed E-state index contributed by atoms with van der Waals surface area (Å²) in [6.45, 7) is 5.63. The topological polar surface area (TPSA) is 54.5 Å². The van der Waals surface area contributed by atoms with Crippen LogP contribution in [0, 0.1) is 6.92 Å². The first kappa shape index (κ1) is 5.21. The second kappa shape index (κ2) is 1.90. The fraction of sp³-hybridized carbons (Fsp3) is 0.500. The maximum Gasteiger partial charge on any atom is 0.151 e. The van der Waals surface area contributed by atoms with Gasteiger partial charge in [0.15, 0.2) is 5.82 Å². The van der Waals surface area contributed by atoms with Crippen molar-refractivity contribution in [1.29, 1.82) is 0 Å². The van der Waals surface area contributed by atoms with Crippen LogP contribution in [0.3, 0.4) is 0 Å². The Labute approximate surface area is 47.3 Å². The van der Waals surface area contributed by atoms with E-state index in [0.717, 1.165) is 5.82 Å². The van der Waals surface area contributed by atoms with Gasteiger partial charge in [-0.3, -0.25) is 0 Å². The lowest BCUT2D eigenvalue weighted by Gasteiger charge is -1.91. The number of rotatable bonds is 1. The highest BCUT2D eigenvalue weighted by Gasteiger charge is 1.99. The predicted molar refractivity (Wildman–Crippen MR) is 27.9 cm³/mol. The van der Waals surface area contributed by atoms with Gasteiger partial charge in [0, 0.05) is 5.92 Å². The van der Waals surface area contributed by atoms with Crippen LogP contribution < -0.4 is 0 Å². The minimum Gasteiger partial charge on any atom is -0.243 e. The van der Waals surface area contributed by atoms with E-state index in [-0.39, 0.29) is 5.92 Å². The summed E-state index contributed by atoms with van der Waals surface area (Å²) in [6, 6.07) is 0. The van der Waals surface area contributed by atoms with Crippen molar-refractivity contribution in [2.45, 2.75) is 12.8 Å². The average Bonchev–Trinajstić information content (AvgIpc) is 2.12. The Hall–Kier alpha value is -0.930. The van der Waals surface area contributed by atoms with Crippen molar-refractivity contribution in [1.82, 2.24) is 20.6 Å². The number of H-pyrrole nitrogens is 1. The lowest BCUT2D eigenvalue weighted by molar-refractivity contribution is 0.846. The summed E-state index contributed by atoms with van der Waals surface area (Å²) in [4.78, 5) is 0. The van der Waals surface area contributed by atoms with E-state index in [2.05, 4.69) is 27.5 Å². The molecule has 1 radical (unpaired) electrons. The summed E-state index contributed by atoms with van der Waals surface area (Å²) in [5.41, 5.74) is 0. The minimum absolute atomic E-state index is 0.144. The van der Waals surface area contributed by atoms with Gasteiger partial charge >= 0.3 is 0 Å². The normalized spacial score (nSPS) is 10.4. The standard InChI is InChI=1S/C4H7N4/c1-3(2)4-5-7-8-6-4/h3H,1H2,2H3,(H,5,6,7,8). The monoisotopic (exact) mass is 111 g/mol. The highest BCUT2D eigenvalue weighted by molar-refractivity contribution is 4.88. The SMILES string of the molecule is [CH2]C(C)c1nnn[nH]1. The van der Waals surface area contributed by atoms with Gasteiger partial charge in [0.25, 0.3) is 0 Å². The molecule has 0 aliphatic rings. The third kappa shape index (κ3) is 0.828. The summed E-state index contributed by atoms with van der Waals surface area (Å²) < 4.78 is 0. The van der Waals surface area contributed by atoms with Crippen LogP contribution in [-0.4, -0.2) is 20.6 Å². The number of nitrogens with zero attached hydrogens (tertiary/aromatic N) is 3. The minimum atomic E-state index is 0.144. The molecule has 1 N–H and O–H groups in total. The highest BCUT2D eigenvalue weighted by atomic mass is 15.5. The molecule has 4 heteroatoms. The molecule has 1 heterocycles. The molecule has 1 aromatic rings. The summed E-state index contributed by atoms with van der Waals surface area (Å²) in [7, 11) is 0. The summed E-state index contributed by atoms with van der Waals surface area (Å²) in [5.74, 6) is 0.870. The van der Waals surface area contributed by atoms with Gasteiger partial charge in [-0.05, 0) is 17.4 Å². The van der Waals surface area contributed by atoms with Gasteiger partial charge in [0.1, 0.15) is 0 Å². The third-order valence-corrected chi connectivity index (χ3v) is 0.829. The molecule has 0 aliphatic carbocycles. The highest BCUT2D eigenvalue weighted by Crippen LogP contribution is 2.02. The van der Waals surface area contributed by atoms with Crippen molar-refractivity contribution in [2.75, 3.05) is 0 Å². The second-order valence-corrected chi connectivity index (χ2v) is 1.69. The van der Waals surface area contributed by atoms with Crippen molar-refractivity contribution in [3.05, 3.63) is 12.7 Å². The molecule has 1 atom stereocenters. The third-order valence-electron chi connectivity index (χ3n) is 0.829. The maximum atomic E-state index is 3.71. The summed E-state index contributed by atoms with van der Waals surface area (Å²) in [6.07, 6.45) is 0. The molecule has 1 aromatic heterocycles. The molecule has 0 amide bonds. The first-order valence-corrected chi connectivity index (χ1v) is 2.37. The van der Waals surface area contributed by atoms with E-state index in [9.17, 15) is 0 Å². The van der Waals surface area contributed by atoms with Gasteiger partial charge in [-0.1, -0.05) is 6.92 Å². The zero-order valence-electron chi connectivity index (χ0n) is 4.63. The average molecular weight is 111 g/mol.